The van der Waals surface area contributed by atoms with E-state index < -0.39 is 10.9 Å². The molecular formula is C29H34N2O5. The van der Waals surface area contributed by atoms with Gasteiger partial charge in [-0.25, -0.2) is 4.79 Å². The van der Waals surface area contributed by atoms with Crippen molar-refractivity contribution in [1.29, 1.82) is 0 Å². The molecule has 1 N–H and O–H groups in total. The van der Waals surface area contributed by atoms with Gasteiger partial charge in [0, 0.05) is 29.6 Å². The largest absolute Gasteiger partial charge is 0.422 e. The molecule has 0 amide bonds. The predicted molar refractivity (Wildman–Crippen MR) is 140 cm³/mol. The van der Waals surface area contributed by atoms with E-state index in [-0.39, 0.29) is 23.8 Å². The van der Waals surface area contributed by atoms with Crippen molar-refractivity contribution in [3.8, 4) is 5.75 Å². The van der Waals surface area contributed by atoms with Crippen LogP contribution in [0.1, 0.15) is 67.1 Å². The number of ether oxygens (including phenoxy) is 1. The van der Waals surface area contributed by atoms with Crippen LogP contribution in [0.2, 0.25) is 0 Å². The van der Waals surface area contributed by atoms with Crippen molar-refractivity contribution in [1.82, 2.24) is 4.90 Å². The van der Waals surface area contributed by atoms with Crippen LogP contribution in [-0.4, -0.2) is 39.5 Å². The van der Waals surface area contributed by atoms with Crippen molar-refractivity contribution in [2.45, 2.75) is 58.7 Å². The highest BCUT2D eigenvalue weighted by atomic mass is 16.6. The van der Waals surface area contributed by atoms with Crippen molar-refractivity contribution in [2.24, 2.45) is 0 Å². The lowest BCUT2D eigenvalue weighted by atomic mass is 9.86. The highest BCUT2D eigenvalue weighted by Gasteiger charge is 2.26. The average Bonchev–Trinajstić information content (AvgIpc) is 2.87. The highest BCUT2D eigenvalue weighted by Crippen LogP contribution is 2.36. The summed E-state index contributed by atoms with van der Waals surface area (Å²) in [5, 5.41) is 21.3. The number of nitrogens with zero attached hydrogens (tertiary/aromatic N) is 2. The van der Waals surface area contributed by atoms with Gasteiger partial charge >= 0.3 is 5.97 Å². The quantitative estimate of drug-likeness (QED) is 0.155. The fourth-order valence-electron chi connectivity index (χ4n) is 4.60. The number of rotatable bonds is 11. The molecule has 7 heteroatoms. The second kappa shape index (κ2) is 12.4. The van der Waals surface area contributed by atoms with Crippen molar-refractivity contribution in [3.63, 3.8) is 0 Å². The van der Waals surface area contributed by atoms with Crippen molar-refractivity contribution < 1.29 is 19.6 Å². The molecule has 0 spiro atoms. The summed E-state index contributed by atoms with van der Waals surface area (Å²) in [4.78, 5) is 26.3. The van der Waals surface area contributed by atoms with Gasteiger partial charge in [0.05, 0.1) is 11.5 Å². The van der Waals surface area contributed by atoms with Crippen LogP contribution in [0, 0.1) is 10.1 Å². The van der Waals surface area contributed by atoms with Gasteiger partial charge in [-0.3, -0.25) is 15.0 Å². The first-order valence-electron chi connectivity index (χ1n) is 12.2. The van der Waals surface area contributed by atoms with Crippen LogP contribution in [-0.2, 0) is 6.61 Å². The average molecular weight is 491 g/mol. The number of aliphatic hydroxyl groups excluding tert-OH is 1. The minimum atomic E-state index is -0.793. The van der Waals surface area contributed by atoms with Crippen molar-refractivity contribution >= 4 is 11.7 Å². The molecule has 0 aliphatic heterocycles. The number of hydrogen-bond donors (Lipinski definition) is 1. The van der Waals surface area contributed by atoms with E-state index in [0.29, 0.717) is 23.4 Å². The maximum Gasteiger partial charge on any atom is 0.350 e. The van der Waals surface area contributed by atoms with E-state index in [4.69, 9.17) is 4.74 Å². The molecular weight excluding hydrogens is 456 g/mol. The Kier molecular flexibility index (Phi) is 9.33. The molecule has 0 aromatic heterocycles. The molecule has 0 aliphatic carbocycles. The summed E-state index contributed by atoms with van der Waals surface area (Å²) in [6.45, 7) is 9.34. The molecule has 3 aromatic rings. The Morgan fingerprint density at radius 1 is 0.972 bits per heavy atom. The van der Waals surface area contributed by atoms with Crippen LogP contribution in [0.3, 0.4) is 0 Å². The lowest BCUT2D eigenvalue weighted by Crippen LogP contribution is -2.38. The fraction of sp³-hybridized carbons (Fsp3) is 0.345. The topological polar surface area (TPSA) is 92.9 Å². The van der Waals surface area contributed by atoms with Crippen LogP contribution in [0.4, 0.5) is 5.69 Å². The molecule has 0 saturated heterocycles. The third-order valence-corrected chi connectivity index (χ3v) is 6.36. The third-order valence-electron chi connectivity index (χ3n) is 6.36. The molecule has 0 radical (unpaired) electrons. The SMILES string of the molecule is CC(C)N(CCC(c1ccccc1)c1cc(CO)ccc1OC(=O)c1ccccc1[N+](=O)[O-])C(C)C. The summed E-state index contributed by atoms with van der Waals surface area (Å²) in [6.07, 6.45) is 0.755. The summed E-state index contributed by atoms with van der Waals surface area (Å²) in [6, 6.07) is 21.7. The van der Waals surface area contributed by atoms with Crippen LogP contribution >= 0.6 is 0 Å². The monoisotopic (exact) mass is 490 g/mol. The van der Waals surface area contributed by atoms with E-state index >= 15 is 0 Å². The maximum atomic E-state index is 13.1. The summed E-state index contributed by atoms with van der Waals surface area (Å²) < 4.78 is 5.79. The fourth-order valence-corrected chi connectivity index (χ4v) is 4.60. The Morgan fingerprint density at radius 3 is 2.22 bits per heavy atom. The van der Waals surface area contributed by atoms with Gasteiger partial charge in [-0.05, 0) is 70.0 Å². The number of nitro benzene ring substituents is 1. The number of carbonyl (C=O) groups excluding carboxylic acids is 1. The predicted octanol–water partition coefficient (Wildman–Crippen LogP) is 5.95. The van der Waals surface area contributed by atoms with Crippen molar-refractivity contribution in [2.75, 3.05) is 6.54 Å². The molecule has 0 heterocycles. The number of carbonyl (C=O) groups is 1. The lowest BCUT2D eigenvalue weighted by Gasteiger charge is -2.32. The molecule has 1 atom stereocenters. The summed E-state index contributed by atoms with van der Waals surface area (Å²) in [5.74, 6) is -0.589. The van der Waals surface area contributed by atoms with E-state index in [1.165, 1.54) is 18.2 Å². The molecule has 0 aliphatic rings. The third kappa shape index (κ3) is 6.56. The lowest BCUT2D eigenvalue weighted by molar-refractivity contribution is -0.385. The summed E-state index contributed by atoms with van der Waals surface area (Å²) in [5.41, 5.74) is 2.10. The number of para-hydroxylation sites is 1. The van der Waals surface area contributed by atoms with Gasteiger partial charge in [0.25, 0.3) is 5.69 Å². The first-order chi connectivity index (χ1) is 17.2. The number of nitro groups is 1. The minimum Gasteiger partial charge on any atom is -0.422 e. The zero-order valence-corrected chi connectivity index (χ0v) is 21.3. The normalized spacial score (nSPS) is 12.2. The molecule has 36 heavy (non-hydrogen) atoms. The van der Waals surface area contributed by atoms with Gasteiger partial charge in [-0.1, -0.05) is 48.5 Å². The van der Waals surface area contributed by atoms with Crippen LogP contribution in [0.25, 0.3) is 0 Å². The summed E-state index contributed by atoms with van der Waals surface area (Å²) in [7, 11) is 0. The Hall–Kier alpha value is -3.55. The standard InChI is InChI=1S/C29H34N2O5/c1-20(2)30(21(3)4)17-16-24(23-10-6-5-7-11-23)26-18-22(19-32)14-15-28(26)36-29(33)25-12-8-9-13-27(25)31(34)35/h5-15,18,20-21,24,32H,16-17,19H2,1-4H3. The number of aliphatic hydroxyl groups is 1. The van der Waals surface area contributed by atoms with Crippen LogP contribution in [0.15, 0.2) is 72.8 Å². The van der Waals surface area contributed by atoms with Gasteiger partial charge in [0.15, 0.2) is 0 Å². The molecule has 0 saturated carbocycles. The maximum absolute atomic E-state index is 13.1. The zero-order chi connectivity index (χ0) is 26.2. The van der Waals surface area contributed by atoms with Gasteiger partial charge in [-0.2, -0.15) is 0 Å². The Bertz CT molecular complexity index is 1170. The molecule has 7 nitrogen and oxygen atoms in total. The molecule has 3 aromatic carbocycles. The van der Waals surface area contributed by atoms with Gasteiger partial charge in [-0.15, -0.1) is 0 Å². The Morgan fingerprint density at radius 2 is 1.61 bits per heavy atom. The molecule has 3 rings (SSSR count). The van der Waals surface area contributed by atoms with Crippen LogP contribution < -0.4 is 4.74 Å². The second-order valence-corrected chi connectivity index (χ2v) is 9.37. The van der Waals surface area contributed by atoms with Gasteiger partial charge in [0.2, 0.25) is 0 Å². The van der Waals surface area contributed by atoms with E-state index in [2.05, 4.69) is 32.6 Å². The Balaban J connectivity index is 2.04. The highest BCUT2D eigenvalue weighted by molar-refractivity contribution is 5.95. The van der Waals surface area contributed by atoms with E-state index in [1.54, 1.807) is 18.2 Å². The molecule has 0 fully saturated rings. The number of esters is 1. The number of benzene rings is 3. The minimum absolute atomic E-state index is 0.110. The molecule has 190 valence electrons. The van der Waals surface area contributed by atoms with E-state index in [9.17, 15) is 20.0 Å². The Labute approximate surface area is 212 Å². The van der Waals surface area contributed by atoms with E-state index in [1.807, 2.05) is 36.4 Å². The number of hydrogen-bond acceptors (Lipinski definition) is 6. The molecule has 1 unspecified atom stereocenters. The molecule has 0 bridgehead atoms. The van der Waals surface area contributed by atoms with Gasteiger partial charge < -0.3 is 9.84 Å². The first kappa shape index (κ1) is 27.0. The van der Waals surface area contributed by atoms with Gasteiger partial charge in [0.1, 0.15) is 11.3 Å². The zero-order valence-electron chi connectivity index (χ0n) is 21.3. The van der Waals surface area contributed by atoms with Crippen LogP contribution in [0.5, 0.6) is 5.75 Å². The van der Waals surface area contributed by atoms with Crippen molar-refractivity contribution in [3.05, 3.63) is 105 Å². The summed E-state index contributed by atoms with van der Waals surface area (Å²) >= 11 is 0. The first-order valence-corrected chi connectivity index (χ1v) is 12.2. The van der Waals surface area contributed by atoms with E-state index in [0.717, 1.165) is 24.1 Å². The second-order valence-electron chi connectivity index (χ2n) is 9.37. The smallest absolute Gasteiger partial charge is 0.350 e.